The van der Waals surface area contributed by atoms with E-state index in [0.29, 0.717) is 16.6 Å². The van der Waals surface area contributed by atoms with E-state index >= 15 is 0 Å². The van der Waals surface area contributed by atoms with Gasteiger partial charge in [-0.3, -0.25) is 0 Å². The third kappa shape index (κ3) is 2.47. The monoisotopic (exact) mass is 305 g/mol. The lowest BCUT2D eigenvalue weighted by Gasteiger charge is -2.09. The highest BCUT2D eigenvalue weighted by Crippen LogP contribution is 2.26. The van der Waals surface area contributed by atoms with Crippen LogP contribution in [0.15, 0.2) is 42.6 Å². The molecular weight excluding hydrogens is 293 g/mol. The second-order valence-electron chi connectivity index (χ2n) is 4.55. The van der Waals surface area contributed by atoms with Crippen molar-refractivity contribution in [1.82, 2.24) is 9.38 Å². The second-order valence-corrected chi connectivity index (χ2v) is 5.39. The smallest absolute Gasteiger partial charge is 0.137 e. The first kappa shape index (κ1) is 13.3. The Morgan fingerprint density at radius 3 is 2.90 bits per heavy atom. The topological polar surface area (TPSA) is 29.3 Å². The van der Waals surface area contributed by atoms with Crippen LogP contribution < -0.4 is 5.32 Å². The SMILES string of the molecule is Cc1nc2ccccn2c1CNc1cc(Cl)ccc1Cl. The van der Waals surface area contributed by atoms with Gasteiger partial charge < -0.3 is 9.72 Å². The molecule has 0 spiro atoms. The van der Waals surface area contributed by atoms with Gasteiger partial charge in [-0.1, -0.05) is 29.3 Å². The fourth-order valence-electron chi connectivity index (χ4n) is 2.19. The maximum Gasteiger partial charge on any atom is 0.137 e. The van der Waals surface area contributed by atoms with E-state index in [1.54, 1.807) is 12.1 Å². The standard InChI is InChI=1S/C15H13Cl2N3/c1-10-14(20-7-3-2-4-15(20)19-10)9-18-13-8-11(16)5-6-12(13)17/h2-8,18H,9H2,1H3. The van der Waals surface area contributed by atoms with Crippen LogP contribution in [0.25, 0.3) is 5.65 Å². The quantitative estimate of drug-likeness (QED) is 0.768. The number of pyridine rings is 1. The zero-order valence-electron chi connectivity index (χ0n) is 10.9. The van der Waals surface area contributed by atoms with E-state index in [9.17, 15) is 0 Å². The zero-order chi connectivity index (χ0) is 14.1. The van der Waals surface area contributed by atoms with Crippen molar-refractivity contribution < 1.29 is 0 Å². The van der Waals surface area contributed by atoms with E-state index in [0.717, 1.165) is 22.7 Å². The Kier molecular flexibility index (Phi) is 3.55. The van der Waals surface area contributed by atoms with Crippen molar-refractivity contribution >= 4 is 34.5 Å². The van der Waals surface area contributed by atoms with Crippen molar-refractivity contribution in [3.8, 4) is 0 Å². The molecule has 20 heavy (non-hydrogen) atoms. The highest BCUT2D eigenvalue weighted by atomic mass is 35.5. The Hall–Kier alpha value is -1.71. The van der Waals surface area contributed by atoms with Crippen molar-refractivity contribution in [2.75, 3.05) is 5.32 Å². The predicted octanol–water partition coefficient (Wildman–Crippen LogP) is 4.56. The number of halogens is 2. The van der Waals surface area contributed by atoms with E-state index in [2.05, 4.69) is 14.7 Å². The molecule has 0 saturated heterocycles. The number of rotatable bonds is 3. The third-order valence-electron chi connectivity index (χ3n) is 3.20. The molecule has 3 rings (SSSR count). The number of hydrogen-bond acceptors (Lipinski definition) is 2. The highest BCUT2D eigenvalue weighted by molar-refractivity contribution is 6.35. The van der Waals surface area contributed by atoms with Gasteiger partial charge in [0, 0.05) is 11.2 Å². The number of anilines is 1. The number of fused-ring (bicyclic) bond motifs is 1. The van der Waals surface area contributed by atoms with Crippen molar-refractivity contribution in [2.45, 2.75) is 13.5 Å². The number of aromatic nitrogens is 2. The van der Waals surface area contributed by atoms with E-state index in [1.807, 2.05) is 37.4 Å². The minimum absolute atomic E-state index is 0.636. The summed E-state index contributed by atoms with van der Waals surface area (Å²) in [5.74, 6) is 0. The van der Waals surface area contributed by atoms with Crippen LogP contribution in [0.4, 0.5) is 5.69 Å². The van der Waals surface area contributed by atoms with Crippen molar-refractivity contribution in [1.29, 1.82) is 0 Å². The van der Waals surface area contributed by atoms with E-state index in [-0.39, 0.29) is 0 Å². The third-order valence-corrected chi connectivity index (χ3v) is 3.77. The molecule has 0 aliphatic carbocycles. The van der Waals surface area contributed by atoms with Crippen LogP contribution in [0.3, 0.4) is 0 Å². The summed E-state index contributed by atoms with van der Waals surface area (Å²) in [6.07, 6.45) is 2.01. The molecule has 0 saturated carbocycles. The van der Waals surface area contributed by atoms with Crippen LogP contribution in [-0.4, -0.2) is 9.38 Å². The van der Waals surface area contributed by atoms with Gasteiger partial charge in [-0.15, -0.1) is 0 Å². The molecule has 0 atom stereocenters. The molecular formula is C15H13Cl2N3. The number of aryl methyl sites for hydroxylation is 1. The Balaban J connectivity index is 1.90. The molecule has 0 fully saturated rings. The fourth-order valence-corrected chi connectivity index (χ4v) is 2.55. The largest absolute Gasteiger partial charge is 0.378 e. The lowest BCUT2D eigenvalue weighted by Crippen LogP contribution is -2.04. The van der Waals surface area contributed by atoms with Crippen molar-refractivity contribution in [3.05, 3.63) is 64.0 Å². The molecule has 1 aromatic carbocycles. The molecule has 0 unspecified atom stereocenters. The minimum atomic E-state index is 0.636. The van der Waals surface area contributed by atoms with E-state index in [1.165, 1.54) is 0 Å². The Morgan fingerprint density at radius 1 is 1.20 bits per heavy atom. The summed E-state index contributed by atoms with van der Waals surface area (Å²) in [7, 11) is 0. The van der Waals surface area contributed by atoms with Gasteiger partial charge in [-0.2, -0.15) is 0 Å². The van der Waals surface area contributed by atoms with Gasteiger partial charge in [-0.05, 0) is 37.3 Å². The van der Waals surface area contributed by atoms with Crippen LogP contribution in [-0.2, 0) is 6.54 Å². The van der Waals surface area contributed by atoms with Gasteiger partial charge in [-0.25, -0.2) is 4.98 Å². The average Bonchev–Trinajstić information content (AvgIpc) is 2.75. The molecule has 5 heteroatoms. The number of nitrogens with one attached hydrogen (secondary N) is 1. The summed E-state index contributed by atoms with van der Waals surface area (Å²) in [6.45, 7) is 2.64. The Bertz CT molecular complexity index is 765. The summed E-state index contributed by atoms with van der Waals surface area (Å²) in [5, 5.41) is 4.62. The van der Waals surface area contributed by atoms with Gasteiger partial charge in [0.25, 0.3) is 0 Å². The number of nitrogens with zero attached hydrogens (tertiary/aromatic N) is 2. The summed E-state index contributed by atoms with van der Waals surface area (Å²) < 4.78 is 2.07. The normalized spacial score (nSPS) is 10.9. The molecule has 2 aromatic heterocycles. The van der Waals surface area contributed by atoms with Crippen molar-refractivity contribution in [3.63, 3.8) is 0 Å². The van der Waals surface area contributed by atoms with Gasteiger partial charge in [0.15, 0.2) is 0 Å². The first-order valence-corrected chi connectivity index (χ1v) is 7.02. The van der Waals surface area contributed by atoms with Crippen LogP contribution in [0.1, 0.15) is 11.4 Å². The van der Waals surface area contributed by atoms with Gasteiger partial charge in [0.2, 0.25) is 0 Å². The molecule has 0 bridgehead atoms. The van der Waals surface area contributed by atoms with Crippen LogP contribution in [0.5, 0.6) is 0 Å². The first-order chi connectivity index (χ1) is 9.65. The minimum Gasteiger partial charge on any atom is -0.378 e. The summed E-state index contributed by atoms with van der Waals surface area (Å²) in [5.41, 5.74) is 3.88. The molecule has 102 valence electrons. The van der Waals surface area contributed by atoms with E-state index in [4.69, 9.17) is 23.2 Å². The van der Waals surface area contributed by atoms with Gasteiger partial charge >= 0.3 is 0 Å². The lowest BCUT2D eigenvalue weighted by molar-refractivity contribution is 0.987. The van der Waals surface area contributed by atoms with Crippen LogP contribution >= 0.6 is 23.2 Å². The molecule has 0 aliphatic heterocycles. The van der Waals surface area contributed by atoms with Gasteiger partial charge in [0.1, 0.15) is 5.65 Å². The molecule has 0 radical (unpaired) electrons. The van der Waals surface area contributed by atoms with Crippen LogP contribution in [0, 0.1) is 6.92 Å². The zero-order valence-corrected chi connectivity index (χ0v) is 12.4. The number of hydrogen-bond donors (Lipinski definition) is 1. The van der Waals surface area contributed by atoms with Gasteiger partial charge in [0.05, 0.1) is 28.6 Å². The number of imidazole rings is 1. The second kappa shape index (κ2) is 5.35. The Morgan fingerprint density at radius 2 is 2.05 bits per heavy atom. The first-order valence-electron chi connectivity index (χ1n) is 6.26. The van der Waals surface area contributed by atoms with Crippen LogP contribution in [0.2, 0.25) is 10.0 Å². The highest BCUT2D eigenvalue weighted by Gasteiger charge is 2.08. The summed E-state index contributed by atoms with van der Waals surface area (Å²) in [6, 6.07) is 11.3. The predicted molar refractivity (Wildman–Crippen MR) is 83.7 cm³/mol. The summed E-state index contributed by atoms with van der Waals surface area (Å²) in [4.78, 5) is 4.53. The molecule has 3 nitrogen and oxygen atoms in total. The lowest BCUT2D eigenvalue weighted by atomic mass is 10.3. The Labute approximate surface area is 127 Å². The molecule has 3 aromatic rings. The molecule has 0 aliphatic rings. The fraction of sp³-hybridized carbons (Fsp3) is 0.133. The molecule has 1 N–H and O–H groups in total. The molecule has 0 amide bonds. The average molecular weight is 306 g/mol. The maximum atomic E-state index is 6.15. The maximum absolute atomic E-state index is 6.15. The molecule has 2 heterocycles. The van der Waals surface area contributed by atoms with Crippen molar-refractivity contribution in [2.24, 2.45) is 0 Å². The van der Waals surface area contributed by atoms with E-state index < -0.39 is 0 Å². The summed E-state index contributed by atoms with van der Waals surface area (Å²) >= 11 is 12.1. The number of benzene rings is 1.